The van der Waals surface area contributed by atoms with Crippen LogP contribution in [0.3, 0.4) is 0 Å². The van der Waals surface area contributed by atoms with Crippen LogP contribution in [-0.4, -0.2) is 33.5 Å². The van der Waals surface area contributed by atoms with Gasteiger partial charge in [0.25, 0.3) is 5.91 Å². The number of halogens is 1. The highest BCUT2D eigenvalue weighted by Crippen LogP contribution is 2.42. The fourth-order valence-corrected chi connectivity index (χ4v) is 3.20. The predicted molar refractivity (Wildman–Crippen MR) is 94.1 cm³/mol. The molecule has 1 atom stereocenters. The summed E-state index contributed by atoms with van der Waals surface area (Å²) in [6.07, 6.45) is 4.49. The van der Waals surface area contributed by atoms with Gasteiger partial charge in [-0.25, -0.2) is 4.68 Å². The molecule has 0 saturated heterocycles. The molecule has 2 aliphatic rings. The van der Waals surface area contributed by atoms with Gasteiger partial charge in [0.05, 0.1) is 11.4 Å². The quantitative estimate of drug-likeness (QED) is 0.793. The molecule has 1 unspecified atom stereocenters. The zero-order valence-electron chi connectivity index (χ0n) is 13.3. The lowest BCUT2D eigenvalue weighted by Crippen LogP contribution is -2.39. The van der Waals surface area contributed by atoms with Crippen molar-refractivity contribution < 1.29 is 4.79 Å². The average Bonchev–Trinajstić information content (AvgIpc) is 3.50. The molecule has 2 aromatic rings. The summed E-state index contributed by atoms with van der Waals surface area (Å²) in [6.45, 7) is 0.499. The highest BCUT2D eigenvalue weighted by atomic mass is 79.9. The third-order valence-corrected chi connectivity index (χ3v) is 5.21. The van der Waals surface area contributed by atoms with Crippen LogP contribution in [0.25, 0.3) is 5.69 Å². The van der Waals surface area contributed by atoms with E-state index in [-0.39, 0.29) is 11.9 Å². The van der Waals surface area contributed by atoms with Crippen LogP contribution in [-0.2, 0) is 0 Å². The van der Waals surface area contributed by atoms with E-state index in [1.54, 1.807) is 4.68 Å². The Kier molecular flexibility index (Phi) is 4.14. The van der Waals surface area contributed by atoms with Gasteiger partial charge in [0.2, 0.25) is 0 Å². The Labute approximate surface area is 148 Å². The van der Waals surface area contributed by atoms with Crippen molar-refractivity contribution in [3.63, 3.8) is 0 Å². The van der Waals surface area contributed by atoms with Gasteiger partial charge in [0.15, 0.2) is 5.69 Å². The first-order valence-electron chi connectivity index (χ1n) is 8.39. The molecule has 0 radical (unpaired) electrons. The summed E-state index contributed by atoms with van der Waals surface area (Å²) in [6, 6.07) is 7.90. The highest BCUT2D eigenvalue weighted by molar-refractivity contribution is 9.10. The summed E-state index contributed by atoms with van der Waals surface area (Å²) in [5.41, 5.74) is 8.33. The van der Waals surface area contributed by atoms with Crippen molar-refractivity contribution >= 4 is 21.8 Å². The minimum Gasteiger partial charge on any atom is -0.349 e. The lowest BCUT2D eigenvalue weighted by molar-refractivity contribution is 0.0944. The molecule has 2 aliphatic carbocycles. The molecule has 0 spiro atoms. The van der Waals surface area contributed by atoms with Crippen LogP contribution >= 0.6 is 15.9 Å². The molecule has 6 nitrogen and oxygen atoms in total. The van der Waals surface area contributed by atoms with E-state index in [2.05, 4.69) is 31.6 Å². The second-order valence-corrected chi connectivity index (χ2v) is 7.61. The Morgan fingerprint density at radius 1 is 1.29 bits per heavy atom. The molecular formula is C17H20BrN5O. The molecule has 0 bridgehead atoms. The number of carbonyl (C=O) groups excluding carboxylic acids is 1. The molecule has 0 aliphatic heterocycles. The van der Waals surface area contributed by atoms with Gasteiger partial charge in [-0.15, -0.1) is 5.10 Å². The fraction of sp³-hybridized carbons (Fsp3) is 0.471. The number of benzene rings is 1. The Balaban J connectivity index is 1.56. The lowest BCUT2D eigenvalue weighted by Gasteiger charge is -2.11. The monoisotopic (exact) mass is 389 g/mol. The summed E-state index contributed by atoms with van der Waals surface area (Å²) in [5, 5.41) is 11.3. The van der Waals surface area contributed by atoms with E-state index in [0.29, 0.717) is 24.1 Å². The minimum atomic E-state index is -0.170. The summed E-state index contributed by atoms with van der Waals surface area (Å²) >= 11 is 3.44. The first-order valence-corrected chi connectivity index (χ1v) is 9.18. The normalized spacial score (nSPS) is 18.4. The molecule has 2 fully saturated rings. The van der Waals surface area contributed by atoms with Crippen molar-refractivity contribution in [2.24, 2.45) is 11.7 Å². The van der Waals surface area contributed by atoms with Crippen molar-refractivity contribution in [3.05, 3.63) is 40.1 Å². The zero-order chi connectivity index (χ0) is 16.7. The number of amides is 1. The van der Waals surface area contributed by atoms with Crippen molar-refractivity contribution in [1.82, 2.24) is 20.3 Å². The predicted octanol–water partition coefficient (Wildman–Crippen LogP) is 2.37. The number of hydrogen-bond donors (Lipinski definition) is 2. The molecule has 1 amide bonds. The maximum absolute atomic E-state index is 12.6. The molecule has 24 heavy (non-hydrogen) atoms. The topological polar surface area (TPSA) is 85.8 Å². The maximum Gasteiger partial charge on any atom is 0.273 e. The number of nitrogens with zero attached hydrogens (tertiary/aromatic N) is 3. The summed E-state index contributed by atoms with van der Waals surface area (Å²) in [5.74, 6) is 0.754. The van der Waals surface area contributed by atoms with Gasteiger partial charge in [-0.1, -0.05) is 21.1 Å². The zero-order valence-corrected chi connectivity index (χ0v) is 14.9. The summed E-state index contributed by atoms with van der Waals surface area (Å²) in [7, 11) is 0. The molecule has 1 aromatic carbocycles. The number of carbonyl (C=O) groups is 1. The third-order valence-electron chi connectivity index (χ3n) is 4.68. The molecule has 1 aromatic heterocycles. The number of aromatic nitrogens is 3. The number of nitrogens with one attached hydrogen (secondary N) is 1. The Hall–Kier alpha value is -1.73. The van der Waals surface area contributed by atoms with Crippen LogP contribution in [0.4, 0.5) is 0 Å². The first-order chi connectivity index (χ1) is 11.6. The molecule has 126 valence electrons. The van der Waals surface area contributed by atoms with Gasteiger partial charge in [0.1, 0.15) is 0 Å². The number of hydrogen-bond acceptors (Lipinski definition) is 4. The van der Waals surface area contributed by atoms with E-state index >= 15 is 0 Å². The smallest absolute Gasteiger partial charge is 0.273 e. The Bertz CT molecular complexity index is 749. The van der Waals surface area contributed by atoms with E-state index in [1.165, 1.54) is 12.8 Å². The minimum absolute atomic E-state index is 0.0415. The van der Waals surface area contributed by atoms with E-state index in [0.717, 1.165) is 28.7 Å². The third kappa shape index (κ3) is 3.23. The number of nitrogens with two attached hydrogens (primary N) is 1. The molecule has 7 heteroatoms. The molecule has 4 rings (SSSR count). The molecule has 2 saturated carbocycles. The summed E-state index contributed by atoms with van der Waals surface area (Å²) < 4.78 is 2.80. The van der Waals surface area contributed by atoms with Crippen LogP contribution in [0, 0.1) is 5.92 Å². The van der Waals surface area contributed by atoms with Gasteiger partial charge in [-0.3, -0.25) is 4.79 Å². The van der Waals surface area contributed by atoms with Crippen LogP contribution in [0.15, 0.2) is 28.7 Å². The highest BCUT2D eigenvalue weighted by Gasteiger charge is 2.35. The van der Waals surface area contributed by atoms with Gasteiger partial charge >= 0.3 is 0 Å². The van der Waals surface area contributed by atoms with Gasteiger partial charge < -0.3 is 11.1 Å². The van der Waals surface area contributed by atoms with Crippen molar-refractivity contribution in [2.75, 3.05) is 6.54 Å². The van der Waals surface area contributed by atoms with E-state index in [9.17, 15) is 4.79 Å². The lowest BCUT2D eigenvalue weighted by atomic mass is 10.2. The van der Waals surface area contributed by atoms with Crippen LogP contribution < -0.4 is 11.1 Å². The molecule has 3 N–H and O–H groups in total. The molecular weight excluding hydrogens is 370 g/mol. The second-order valence-electron chi connectivity index (χ2n) is 6.70. The number of rotatable bonds is 6. The standard InChI is InChI=1S/C17H20BrN5O/c18-12-5-7-13(8-6-12)23-16(11-3-4-11)15(21-22-23)17(24)20-9-14(19)10-1-2-10/h5-8,10-11,14H,1-4,9,19H2,(H,20,24). The van der Waals surface area contributed by atoms with Crippen LogP contribution in [0.5, 0.6) is 0 Å². The van der Waals surface area contributed by atoms with Crippen molar-refractivity contribution in [3.8, 4) is 5.69 Å². The summed E-state index contributed by atoms with van der Waals surface area (Å²) in [4.78, 5) is 12.6. The Morgan fingerprint density at radius 3 is 2.62 bits per heavy atom. The van der Waals surface area contributed by atoms with Gasteiger partial charge in [-0.2, -0.15) is 0 Å². The van der Waals surface area contributed by atoms with E-state index in [1.807, 2.05) is 24.3 Å². The van der Waals surface area contributed by atoms with Crippen LogP contribution in [0.1, 0.15) is 47.8 Å². The van der Waals surface area contributed by atoms with E-state index < -0.39 is 0 Å². The van der Waals surface area contributed by atoms with E-state index in [4.69, 9.17) is 5.73 Å². The fourth-order valence-electron chi connectivity index (χ4n) is 2.93. The van der Waals surface area contributed by atoms with Crippen molar-refractivity contribution in [1.29, 1.82) is 0 Å². The Morgan fingerprint density at radius 2 is 2.00 bits per heavy atom. The van der Waals surface area contributed by atoms with Gasteiger partial charge in [-0.05, 0) is 55.9 Å². The maximum atomic E-state index is 12.6. The largest absolute Gasteiger partial charge is 0.349 e. The average molecular weight is 390 g/mol. The van der Waals surface area contributed by atoms with Crippen LogP contribution in [0.2, 0.25) is 0 Å². The second kappa shape index (κ2) is 6.29. The van der Waals surface area contributed by atoms with Gasteiger partial charge in [0, 0.05) is 23.0 Å². The first kappa shape index (κ1) is 15.8. The van der Waals surface area contributed by atoms with Crippen molar-refractivity contribution in [2.45, 2.75) is 37.6 Å². The SMILES string of the molecule is NC(CNC(=O)c1nnn(-c2ccc(Br)cc2)c1C1CC1)C1CC1. The molecule has 1 heterocycles.